The van der Waals surface area contributed by atoms with Gasteiger partial charge in [0, 0.05) is 16.5 Å². The lowest BCUT2D eigenvalue weighted by atomic mass is 9.95. The van der Waals surface area contributed by atoms with Crippen LogP contribution >= 0.6 is 0 Å². The van der Waals surface area contributed by atoms with E-state index in [1.807, 2.05) is 32.9 Å². The molecule has 0 aromatic heterocycles. The molecule has 4 rings (SSSR count). The van der Waals surface area contributed by atoms with Gasteiger partial charge in [-0.25, -0.2) is 4.79 Å². The van der Waals surface area contributed by atoms with Crippen LogP contribution in [-0.4, -0.2) is 36.5 Å². The Morgan fingerprint density at radius 3 is 2.00 bits per heavy atom. The molecule has 42 heavy (non-hydrogen) atoms. The van der Waals surface area contributed by atoms with E-state index >= 15 is 0 Å². The van der Waals surface area contributed by atoms with Crippen LogP contribution in [-0.2, 0) is 21.0 Å². The van der Waals surface area contributed by atoms with E-state index in [1.165, 1.54) is 12.1 Å². The fourth-order valence-corrected chi connectivity index (χ4v) is 4.69. The van der Waals surface area contributed by atoms with E-state index in [0.717, 1.165) is 46.5 Å². The maximum atomic E-state index is 13.7. The van der Waals surface area contributed by atoms with Crippen molar-refractivity contribution in [3.8, 4) is 5.75 Å². The average Bonchev–Trinajstić information content (AvgIpc) is 2.92. The van der Waals surface area contributed by atoms with Gasteiger partial charge in [-0.1, -0.05) is 59.3 Å². The number of ketones is 1. The van der Waals surface area contributed by atoms with Crippen molar-refractivity contribution in [2.24, 2.45) is 5.16 Å². The molecule has 0 bridgehead atoms. The summed E-state index contributed by atoms with van der Waals surface area (Å²) in [4.78, 5) is 25.0. The molecule has 4 aromatic rings. The highest BCUT2D eigenvalue weighted by Gasteiger charge is 2.49. The lowest BCUT2D eigenvalue weighted by molar-refractivity contribution is -0.0541. The van der Waals surface area contributed by atoms with Crippen LogP contribution in [0.1, 0.15) is 48.5 Å². The van der Waals surface area contributed by atoms with Crippen LogP contribution in [0.2, 0.25) is 0 Å². The highest BCUT2D eigenvalue weighted by atomic mass is 32.2. The number of hydrogen-bond donors (Lipinski definition) is 1. The number of Topliss-reactive ketones (excluding diaryl/α,β-unsaturated/α-hetero) is 1. The van der Waals surface area contributed by atoms with Crippen LogP contribution in [0.4, 0.5) is 13.2 Å². The number of fused-ring (bicyclic) bond motifs is 1. The van der Waals surface area contributed by atoms with Gasteiger partial charge in [0.15, 0.2) is 5.71 Å². The van der Waals surface area contributed by atoms with Crippen LogP contribution in [0.15, 0.2) is 78.0 Å². The SMILES string of the molecule is Cc1cc(C)c(COc2ccc(C(=O)/C(=N/OS(=O)(=O)C(F)(F)F)c3ccc(C(=O)O)cc3)c3ccccc23)c(C)c1. The number of carbonyl (C=O) groups is 2. The Morgan fingerprint density at radius 1 is 0.857 bits per heavy atom. The number of rotatable bonds is 9. The molecular weight excluding hydrogens is 575 g/mol. The van der Waals surface area contributed by atoms with Gasteiger partial charge in [0.2, 0.25) is 5.78 Å². The summed E-state index contributed by atoms with van der Waals surface area (Å²) in [6, 6.07) is 18.0. The molecule has 4 aromatic carbocycles. The van der Waals surface area contributed by atoms with Crippen LogP contribution in [0.5, 0.6) is 5.75 Å². The molecule has 0 atom stereocenters. The predicted molar refractivity (Wildman–Crippen MR) is 149 cm³/mol. The summed E-state index contributed by atoms with van der Waals surface area (Å²) in [5.74, 6) is -1.83. The fraction of sp³-hybridized carbons (Fsp3) is 0.167. The Balaban J connectivity index is 1.77. The van der Waals surface area contributed by atoms with Crippen molar-refractivity contribution >= 4 is 38.4 Å². The Morgan fingerprint density at radius 2 is 1.43 bits per heavy atom. The van der Waals surface area contributed by atoms with Gasteiger partial charge in [0.1, 0.15) is 12.4 Å². The second-order valence-electron chi connectivity index (χ2n) is 9.45. The van der Waals surface area contributed by atoms with E-state index in [0.29, 0.717) is 16.5 Å². The largest absolute Gasteiger partial charge is 0.536 e. The zero-order chi connectivity index (χ0) is 30.8. The molecule has 8 nitrogen and oxygen atoms in total. The highest BCUT2D eigenvalue weighted by Crippen LogP contribution is 2.31. The predicted octanol–water partition coefficient (Wildman–Crippen LogP) is 6.50. The first-order valence-corrected chi connectivity index (χ1v) is 13.8. The summed E-state index contributed by atoms with van der Waals surface area (Å²) in [6.07, 6.45) is 0. The number of aryl methyl sites for hydroxylation is 3. The van der Waals surface area contributed by atoms with Gasteiger partial charge in [-0.2, -0.15) is 21.6 Å². The first kappa shape index (κ1) is 30.3. The van der Waals surface area contributed by atoms with Crippen LogP contribution in [0, 0.1) is 20.8 Å². The number of halogens is 3. The van der Waals surface area contributed by atoms with Gasteiger partial charge in [-0.05, 0) is 67.1 Å². The van der Waals surface area contributed by atoms with Crippen LogP contribution in [0.3, 0.4) is 0 Å². The smallest absolute Gasteiger partial charge is 0.488 e. The quantitative estimate of drug-likeness (QED) is 0.101. The van der Waals surface area contributed by atoms with Gasteiger partial charge < -0.3 is 9.84 Å². The average molecular weight is 600 g/mol. The molecule has 0 spiro atoms. The summed E-state index contributed by atoms with van der Waals surface area (Å²) in [6.45, 7) is 6.18. The lowest BCUT2D eigenvalue weighted by Crippen LogP contribution is -2.25. The minimum atomic E-state index is -6.18. The molecule has 0 aliphatic rings. The van der Waals surface area contributed by atoms with Crippen molar-refractivity contribution < 1.29 is 45.3 Å². The lowest BCUT2D eigenvalue weighted by Gasteiger charge is -2.16. The van der Waals surface area contributed by atoms with Crippen molar-refractivity contribution in [2.75, 3.05) is 0 Å². The number of carboxylic acids is 1. The molecule has 0 unspecified atom stereocenters. The van der Waals surface area contributed by atoms with Crippen molar-refractivity contribution in [3.05, 3.63) is 112 Å². The summed E-state index contributed by atoms with van der Waals surface area (Å²) in [5, 5.41) is 13.1. The van der Waals surface area contributed by atoms with E-state index in [4.69, 9.17) is 9.84 Å². The summed E-state index contributed by atoms with van der Waals surface area (Å²) in [7, 11) is -6.18. The standard InChI is InChI=1S/C30H24F3NO7S/c1-17-14-18(2)25(19(3)15-17)16-40-26-13-12-24(22-6-4-5-7-23(22)26)28(35)27(34-41-42(38,39)30(31,32)33)20-8-10-21(11-9-20)29(36)37/h4-15H,16H2,1-3H3,(H,36,37)/b34-27+. The molecule has 0 fully saturated rings. The molecular formula is C30H24F3NO7S. The molecule has 0 aliphatic carbocycles. The zero-order valence-corrected chi connectivity index (χ0v) is 23.3. The molecule has 1 N–H and O–H groups in total. The number of alkyl halides is 3. The van der Waals surface area contributed by atoms with E-state index in [-0.39, 0.29) is 23.3 Å². The Kier molecular flexibility index (Phi) is 8.39. The van der Waals surface area contributed by atoms with Crippen molar-refractivity contribution in [3.63, 3.8) is 0 Å². The van der Waals surface area contributed by atoms with Crippen molar-refractivity contribution in [1.82, 2.24) is 0 Å². The maximum Gasteiger partial charge on any atom is 0.536 e. The van der Waals surface area contributed by atoms with Crippen molar-refractivity contribution in [2.45, 2.75) is 32.9 Å². The molecule has 0 aliphatic heterocycles. The second kappa shape index (κ2) is 11.6. The van der Waals surface area contributed by atoms with E-state index in [9.17, 15) is 31.2 Å². The van der Waals surface area contributed by atoms with E-state index in [1.54, 1.807) is 24.3 Å². The van der Waals surface area contributed by atoms with Gasteiger partial charge in [0.05, 0.1) is 5.56 Å². The minimum absolute atomic E-state index is 0.0327. The number of nitrogens with zero attached hydrogens (tertiary/aromatic N) is 1. The van der Waals surface area contributed by atoms with Gasteiger partial charge >= 0.3 is 21.6 Å². The normalized spacial score (nSPS) is 12.3. The topological polar surface area (TPSA) is 119 Å². The maximum absolute atomic E-state index is 13.7. The molecule has 0 heterocycles. The Bertz CT molecular complexity index is 1810. The second-order valence-corrected chi connectivity index (χ2v) is 11.0. The Labute approximate surface area is 239 Å². The number of aromatic carboxylic acids is 1. The summed E-state index contributed by atoms with van der Waals surface area (Å²) in [5.41, 5.74) is -2.76. The van der Waals surface area contributed by atoms with Crippen molar-refractivity contribution in [1.29, 1.82) is 0 Å². The summed E-state index contributed by atoms with van der Waals surface area (Å²) < 4.78 is 71.8. The monoisotopic (exact) mass is 599 g/mol. The first-order chi connectivity index (χ1) is 19.7. The summed E-state index contributed by atoms with van der Waals surface area (Å²) >= 11 is 0. The highest BCUT2D eigenvalue weighted by molar-refractivity contribution is 7.87. The number of carbonyl (C=O) groups excluding carboxylic acids is 1. The molecule has 0 radical (unpaired) electrons. The molecule has 218 valence electrons. The number of benzene rings is 4. The third-order valence-electron chi connectivity index (χ3n) is 6.47. The van der Waals surface area contributed by atoms with Crippen LogP contribution in [0.25, 0.3) is 10.8 Å². The van der Waals surface area contributed by atoms with E-state index in [2.05, 4.69) is 9.44 Å². The molecule has 0 amide bonds. The number of ether oxygens (including phenoxy) is 1. The third-order valence-corrected chi connectivity index (χ3v) is 7.31. The Hall–Kier alpha value is -4.71. The number of hydrogen-bond acceptors (Lipinski definition) is 7. The minimum Gasteiger partial charge on any atom is -0.488 e. The molecule has 12 heteroatoms. The molecule has 0 saturated heterocycles. The zero-order valence-electron chi connectivity index (χ0n) is 22.5. The molecule has 0 saturated carbocycles. The van der Waals surface area contributed by atoms with Gasteiger partial charge in [-0.15, -0.1) is 0 Å². The number of carboxylic acid groups (broad SMARTS) is 1. The van der Waals surface area contributed by atoms with E-state index < -0.39 is 33.1 Å². The van der Waals surface area contributed by atoms with Gasteiger partial charge in [-0.3, -0.25) is 9.08 Å². The van der Waals surface area contributed by atoms with Gasteiger partial charge in [0.25, 0.3) is 0 Å². The third kappa shape index (κ3) is 6.28. The first-order valence-electron chi connectivity index (χ1n) is 12.4. The number of oxime groups is 1. The van der Waals surface area contributed by atoms with Crippen LogP contribution < -0.4 is 4.74 Å². The fourth-order valence-electron chi connectivity index (χ4n) is 4.43.